The van der Waals surface area contributed by atoms with E-state index in [1.165, 1.54) is 16.0 Å². The van der Waals surface area contributed by atoms with Crippen LogP contribution in [-0.4, -0.2) is 34.7 Å². The molecule has 2 amide bonds. The Hall–Kier alpha value is -2.59. The topological polar surface area (TPSA) is 40.6 Å². The fourth-order valence-corrected chi connectivity index (χ4v) is 3.89. The van der Waals surface area contributed by atoms with E-state index in [4.69, 9.17) is 11.6 Å². The van der Waals surface area contributed by atoms with Gasteiger partial charge >= 0.3 is 0 Å². The zero-order valence-corrected chi connectivity index (χ0v) is 15.1. The molecule has 4 nitrogen and oxygen atoms in total. The number of amides is 2. The van der Waals surface area contributed by atoms with E-state index in [-0.39, 0.29) is 16.8 Å². The Balaban J connectivity index is 1.51. The van der Waals surface area contributed by atoms with Gasteiger partial charge in [0.1, 0.15) is 10.7 Å². The largest absolute Gasteiger partial charge is 0.361 e. The van der Waals surface area contributed by atoms with Crippen molar-refractivity contribution in [3.63, 3.8) is 0 Å². The van der Waals surface area contributed by atoms with Crippen LogP contribution in [0.15, 0.2) is 65.3 Å². The van der Waals surface area contributed by atoms with Crippen molar-refractivity contribution in [3.8, 4) is 0 Å². The minimum atomic E-state index is -0.388. The molecule has 0 bridgehead atoms. The predicted molar refractivity (Wildman–Crippen MR) is 100 cm³/mol. The highest BCUT2D eigenvalue weighted by Gasteiger charge is 2.40. The van der Waals surface area contributed by atoms with Crippen molar-refractivity contribution >= 4 is 23.4 Å². The number of imide groups is 1. The van der Waals surface area contributed by atoms with Crippen molar-refractivity contribution in [2.24, 2.45) is 0 Å². The number of hydrogen-bond donors (Lipinski definition) is 0. The summed E-state index contributed by atoms with van der Waals surface area (Å²) in [6.45, 7) is 1.63. The Labute approximate surface area is 157 Å². The molecule has 2 heterocycles. The van der Waals surface area contributed by atoms with Crippen LogP contribution in [-0.2, 0) is 29.0 Å². The van der Waals surface area contributed by atoms with Crippen LogP contribution in [0, 0.1) is 0 Å². The molecule has 132 valence electrons. The molecule has 0 spiro atoms. The van der Waals surface area contributed by atoms with E-state index in [1.807, 2.05) is 47.4 Å². The third kappa shape index (κ3) is 3.01. The average Bonchev–Trinajstić information content (AvgIpc) is 2.89. The fourth-order valence-electron chi connectivity index (χ4n) is 3.58. The summed E-state index contributed by atoms with van der Waals surface area (Å²) in [7, 11) is 0. The molecule has 2 aliphatic heterocycles. The summed E-state index contributed by atoms with van der Waals surface area (Å²) >= 11 is 6.29. The van der Waals surface area contributed by atoms with Gasteiger partial charge in [-0.1, -0.05) is 66.2 Å². The van der Waals surface area contributed by atoms with Gasteiger partial charge in [0, 0.05) is 19.6 Å². The molecule has 0 radical (unpaired) electrons. The molecular weight excluding hydrogens is 348 g/mol. The van der Waals surface area contributed by atoms with Crippen LogP contribution in [0.3, 0.4) is 0 Å². The highest BCUT2D eigenvalue weighted by Crippen LogP contribution is 2.31. The Morgan fingerprint density at radius 3 is 2.35 bits per heavy atom. The summed E-state index contributed by atoms with van der Waals surface area (Å²) in [5.41, 5.74) is 3.90. The van der Waals surface area contributed by atoms with Crippen molar-refractivity contribution < 1.29 is 9.59 Å². The van der Waals surface area contributed by atoms with Crippen molar-refractivity contribution in [2.75, 3.05) is 13.1 Å². The molecule has 2 aromatic rings. The lowest BCUT2D eigenvalue weighted by atomic mass is 9.99. The Morgan fingerprint density at radius 2 is 1.58 bits per heavy atom. The van der Waals surface area contributed by atoms with Crippen molar-refractivity contribution in [2.45, 2.75) is 19.4 Å². The van der Waals surface area contributed by atoms with Gasteiger partial charge in [-0.2, -0.15) is 0 Å². The second kappa shape index (κ2) is 6.96. The SMILES string of the molecule is O=C1C(Cl)=C(N2CCc3ccccc3C2)C(=O)N1CCc1ccccc1. The molecule has 26 heavy (non-hydrogen) atoms. The first-order chi connectivity index (χ1) is 12.6. The fraction of sp³-hybridized carbons (Fsp3) is 0.238. The summed E-state index contributed by atoms with van der Waals surface area (Å²) < 4.78 is 0. The van der Waals surface area contributed by atoms with Gasteiger partial charge in [-0.15, -0.1) is 0 Å². The highest BCUT2D eigenvalue weighted by molar-refractivity contribution is 6.47. The molecule has 5 heteroatoms. The number of nitrogens with zero attached hydrogens (tertiary/aromatic N) is 2. The summed E-state index contributed by atoms with van der Waals surface area (Å²) in [5.74, 6) is -0.670. The molecular formula is C21H19ClN2O2. The van der Waals surface area contributed by atoms with Gasteiger partial charge in [-0.25, -0.2) is 0 Å². The van der Waals surface area contributed by atoms with Crippen molar-refractivity contribution in [1.29, 1.82) is 0 Å². The monoisotopic (exact) mass is 366 g/mol. The van der Waals surface area contributed by atoms with Crippen LogP contribution in [0.4, 0.5) is 0 Å². The molecule has 0 atom stereocenters. The van der Waals surface area contributed by atoms with Crippen LogP contribution in [0.5, 0.6) is 0 Å². The first-order valence-electron chi connectivity index (χ1n) is 8.77. The molecule has 2 aromatic carbocycles. The van der Waals surface area contributed by atoms with Crippen LogP contribution in [0.2, 0.25) is 0 Å². The second-order valence-corrected chi connectivity index (χ2v) is 6.98. The standard InChI is InChI=1S/C21H19ClN2O2/c22-18-19(23-12-11-16-8-4-5-9-17(16)14-23)21(26)24(20(18)25)13-10-15-6-2-1-3-7-15/h1-9H,10-14H2. The van der Waals surface area contributed by atoms with E-state index in [9.17, 15) is 9.59 Å². The summed E-state index contributed by atoms with van der Waals surface area (Å²) in [6, 6.07) is 18.0. The van der Waals surface area contributed by atoms with Crippen LogP contribution in [0.1, 0.15) is 16.7 Å². The number of carbonyl (C=O) groups excluding carboxylic acids is 2. The summed E-state index contributed by atoms with van der Waals surface area (Å²) in [6.07, 6.45) is 1.47. The zero-order valence-electron chi connectivity index (χ0n) is 14.3. The van der Waals surface area contributed by atoms with E-state index in [1.54, 1.807) is 0 Å². The normalized spacial score (nSPS) is 17.1. The number of fused-ring (bicyclic) bond motifs is 1. The Morgan fingerprint density at radius 1 is 0.885 bits per heavy atom. The van der Waals surface area contributed by atoms with Gasteiger partial charge in [0.2, 0.25) is 0 Å². The van der Waals surface area contributed by atoms with Crippen molar-refractivity contribution in [1.82, 2.24) is 9.80 Å². The molecule has 4 rings (SSSR count). The Kier molecular flexibility index (Phi) is 4.51. The number of benzene rings is 2. The maximum atomic E-state index is 12.9. The molecule has 0 saturated carbocycles. The van der Waals surface area contributed by atoms with E-state index in [0.29, 0.717) is 31.8 Å². The molecule has 2 aliphatic rings. The van der Waals surface area contributed by atoms with Crippen molar-refractivity contribution in [3.05, 3.63) is 82.0 Å². The molecule has 0 fully saturated rings. The van der Waals surface area contributed by atoms with Gasteiger partial charge in [0.05, 0.1) is 0 Å². The Bertz CT molecular complexity index is 892. The molecule has 0 N–H and O–H groups in total. The third-order valence-corrected chi connectivity index (χ3v) is 5.34. The smallest absolute Gasteiger partial charge is 0.278 e. The molecule has 0 aliphatic carbocycles. The zero-order chi connectivity index (χ0) is 18.1. The quantitative estimate of drug-likeness (QED) is 0.781. The van der Waals surface area contributed by atoms with E-state index < -0.39 is 0 Å². The molecule has 0 saturated heterocycles. The number of carbonyl (C=O) groups is 2. The van der Waals surface area contributed by atoms with Gasteiger partial charge < -0.3 is 4.90 Å². The van der Waals surface area contributed by atoms with E-state index in [0.717, 1.165) is 12.0 Å². The average molecular weight is 367 g/mol. The van der Waals surface area contributed by atoms with Crippen LogP contribution < -0.4 is 0 Å². The van der Waals surface area contributed by atoms with Gasteiger partial charge in [0.25, 0.3) is 11.8 Å². The number of halogens is 1. The highest BCUT2D eigenvalue weighted by atomic mass is 35.5. The molecule has 0 aromatic heterocycles. The van der Waals surface area contributed by atoms with Crippen LogP contribution in [0.25, 0.3) is 0 Å². The van der Waals surface area contributed by atoms with Crippen LogP contribution >= 0.6 is 11.6 Å². The number of hydrogen-bond acceptors (Lipinski definition) is 3. The minimum Gasteiger partial charge on any atom is -0.361 e. The second-order valence-electron chi connectivity index (χ2n) is 6.60. The van der Waals surface area contributed by atoms with E-state index in [2.05, 4.69) is 12.1 Å². The van der Waals surface area contributed by atoms with Gasteiger partial charge in [0.15, 0.2) is 0 Å². The summed E-state index contributed by atoms with van der Waals surface area (Å²) in [5, 5.41) is 0.0439. The van der Waals surface area contributed by atoms with Gasteiger partial charge in [-0.3, -0.25) is 14.5 Å². The van der Waals surface area contributed by atoms with Gasteiger partial charge in [-0.05, 0) is 29.5 Å². The number of rotatable bonds is 4. The third-order valence-electron chi connectivity index (χ3n) is 5.00. The van der Waals surface area contributed by atoms with E-state index >= 15 is 0 Å². The maximum Gasteiger partial charge on any atom is 0.278 e. The lowest BCUT2D eigenvalue weighted by Gasteiger charge is -2.31. The maximum absolute atomic E-state index is 12.9. The predicted octanol–water partition coefficient (Wildman–Crippen LogP) is 3.11. The lowest BCUT2D eigenvalue weighted by Crippen LogP contribution is -2.38. The first kappa shape index (κ1) is 16.9. The molecule has 0 unspecified atom stereocenters. The minimum absolute atomic E-state index is 0.0439. The summed E-state index contributed by atoms with van der Waals surface area (Å²) in [4.78, 5) is 28.6. The first-order valence-corrected chi connectivity index (χ1v) is 9.14. The lowest BCUT2D eigenvalue weighted by molar-refractivity contribution is -0.138.